The number of hydrogen-bond acceptors (Lipinski definition) is 3. The number of halogens is 1. The Morgan fingerprint density at radius 3 is 2.79 bits per heavy atom. The number of carbonyl (C=O) groups is 1. The predicted molar refractivity (Wildman–Crippen MR) is 74.4 cm³/mol. The van der Waals surface area contributed by atoms with E-state index in [1.165, 1.54) is 6.20 Å². The summed E-state index contributed by atoms with van der Waals surface area (Å²) in [5.74, 6) is 0.305. The van der Waals surface area contributed by atoms with E-state index in [-0.39, 0.29) is 5.78 Å². The van der Waals surface area contributed by atoms with Crippen LogP contribution in [0.15, 0.2) is 6.20 Å². The third-order valence-corrected chi connectivity index (χ3v) is 4.25. The fourth-order valence-electron chi connectivity index (χ4n) is 2.66. The summed E-state index contributed by atoms with van der Waals surface area (Å²) in [6.07, 6.45) is 5.14. The highest BCUT2D eigenvalue weighted by molar-refractivity contribution is 6.34. The van der Waals surface area contributed by atoms with Crippen molar-refractivity contribution in [3.8, 4) is 0 Å². The molecular formula is C14H21ClN2O2. The van der Waals surface area contributed by atoms with Gasteiger partial charge in [-0.3, -0.25) is 9.48 Å². The van der Waals surface area contributed by atoms with Crippen molar-refractivity contribution in [2.24, 2.45) is 5.92 Å². The summed E-state index contributed by atoms with van der Waals surface area (Å²) in [4.78, 5) is 12.6. The van der Waals surface area contributed by atoms with Crippen LogP contribution < -0.4 is 0 Å². The molecule has 4 nitrogen and oxygen atoms in total. The molecule has 0 aromatic carbocycles. The van der Waals surface area contributed by atoms with Crippen LogP contribution in [0.5, 0.6) is 0 Å². The molecule has 0 bridgehead atoms. The minimum atomic E-state index is -1.26. The molecule has 1 aliphatic carbocycles. The second-order valence-electron chi connectivity index (χ2n) is 5.61. The Balaban J connectivity index is 2.26. The molecule has 1 aliphatic rings. The van der Waals surface area contributed by atoms with Crippen molar-refractivity contribution in [2.75, 3.05) is 0 Å². The van der Waals surface area contributed by atoms with Gasteiger partial charge in [0.25, 0.3) is 0 Å². The molecule has 0 amide bonds. The van der Waals surface area contributed by atoms with Crippen molar-refractivity contribution in [1.82, 2.24) is 9.78 Å². The van der Waals surface area contributed by atoms with Gasteiger partial charge in [-0.25, -0.2) is 0 Å². The Kier molecular flexibility index (Phi) is 4.31. The third kappa shape index (κ3) is 2.84. The first-order valence-corrected chi connectivity index (χ1v) is 7.34. The van der Waals surface area contributed by atoms with E-state index in [1.54, 1.807) is 4.68 Å². The van der Waals surface area contributed by atoms with Gasteiger partial charge in [-0.05, 0) is 38.0 Å². The Morgan fingerprint density at radius 2 is 2.21 bits per heavy atom. The van der Waals surface area contributed by atoms with Gasteiger partial charge in [0, 0.05) is 6.54 Å². The standard InChI is InChI=1S/C14H21ClN2O2/c1-3-8-17-12(11(15)9-16-17)13(18)14(19)6-4-10(2)5-7-14/h9-10,19H,3-8H2,1-2H3. The van der Waals surface area contributed by atoms with Crippen LogP contribution in [0.2, 0.25) is 5.02 Å². The number of aliphatic hydroxyl groups is 1. The van der Waals surface area contributed by atoms with Gasteiger partial charge in [0.2, 0.25) is 5.78 Å². The Labute approximate surface area is 118 Å². The number of aryl methyl sites for hydroxylation is 1. The SMILES string of the molecule is CCCn1ncc(Cl)c1C(=O)C1(O)CCC(C)CC1. The lowest BCUT2D eigenvalue weighted by atomic mass is 9.76. The molecule has 0 radical (unpaired) electrons. The monoisotopic (exact) mass is 284 g/mol. The molecule has 1 saturated carbocycles. The fourth-order valence-corrected chi connectivity index (χ4v) is 2.88. The molecule has 1 N–H and O–H groups in total. The molecule has 1 heterocycles. The van der Waals surface area contributed by atoms with Crippen LogP contribution in [0.3, 0.4) is 0 Å². The van der Waals surface area contributed by atoms with E-state index in [4.69, 9.17) is 11.6 Å². The fraction of sp³-hybridized carbons (Fsp3) is 0.714. The van der Waals surface area contributed by atoms with Crippen LogP contribution in [0.4, 0.5) is 0 Å². The Hall–Kier alpha value is -0.870. The summed E-state index contributed by atoms with van der Waals surface area (Å²) in [6, 6.07) is 0. The van der Waals surface area contributed by atoms with Crippen molar-refractivity contribution in [2.45, 2.75) is 58.1 Å². The first-order chi connectivity index (χ1) is 8.98. The molecule has 106 valence electrons. The molecule has 1 fully saturated rings. The summed E-state index contributed by atoms with van der Waals surface area (Å²) in [5, 5.41) is 15.1. The molecule has 0 atom stereocenters. The molecule has 19 heavy (non-hydrogen) atoms. The summed E-state index contributed by atoms with van der Waals surface area (Å²) >= 11 is 6.07. The highest BCUT2D eigenvalue weighted by atomic mass is 35.5. The largest absolute Gasteiger partial charge is 0.382 e. The Morgan fingerprint density at radius 1 is 1.58 bits per heavy atom. The first kappa shape index (κ1) is 14.5. The summed E-state index contributed by atoms with van der Waals surface area (Å²) in [7, 11) is 0. The Bertz CT molecular complexity index is 462. The maximum atomic E-state index is 12.6. The number of Topliss-reactive ketones (excluding diaryl/α,β-unsaturated/α-hetero) is 1. The maximum Gasteiger partial charge on any atom is 0.213 e. The number of rotatable bonds is 4. The molecule has 5 heteroatoms. The van der Waals surface area contributed by atoms with Crippen LogP contribution in [0, 0.1) is 5.92 Å². The average molecular weight is 285 g/mol. The highest BCUT2D eigenvalue weighted by Gasteiger charge is 2.41. The van der Waals surface area contributed by atoms with Gasteiger partial charge in [-0.2, -0.15) is 5.10 Å². The zero-order valence-electron chi connectivity index (χ0n) is 11.5. The van der Waals surface area contributed by atoms with Crippen molar-refractivity contribution in [3.63, 3.8) is 0 Å². The van der Waals surface area contributed by atoms with E-state index in [9.17, 15) is 9.90 Å². The quantitative estimate of drug-likeness (QED) is 0.865. The number of hydrogen-bond donors (Lipinski definition) is 1. The molecule has 2 rings (SSSR count). The second kappa shape index (κ2) is 5.63. The average Bonchev–Trinajstić information content (AvgIpc) is 2.74. The van der Waals surface area contributed by atoms with Gasteiger partial charge in [0.15, 0.2) is 0 Å². The van der Waals surface area contributed by atoms with E-state index in [2.05, 4.69) is 12.0 Å². The van der Waals surface area contributed by atoms with E-state index >= 15 is 0 Å². The van der Waals surface area contributed by atoms with Crippen LogP contribution in [0.25, 0.3) is 0 Å². The normalized spacial score (nSPS) is 27.5. The lowest BCUT2D eigenvalue weighted by molar-refractivity contribution is 0.00336. The number of carbonyl (C=O) groups excluding carboxylic acids is 1. The van der Waals surface area contributed by atoms with Gasteiger partial charge in [0.1, 0.15) is 11.3 Å². The zero-order chi connectivity index (χ0) is 14.0. The minimum absolute atomic E-state index is 0.268. The zero-order valence-corrected chi connectivity index (χ0v) is 12.3. The molecule has 0 unspecified atom stereocenters. The van der Waals surface area contributed by atoms with Gasteiger partial charge >= 0.3 is 0 Å². The summed E-state index contributed by atoms with van der Waals surface area (Å²) in [6.45, 7) is 4.81. The third-order valence-electron chi connectivity index (χ3n) is 3.97. The van der Waals surface area contributed by atoms with Crippen molar-refractivity contribution in [1.29, 1.82) is 0 Å². The number of ketones is 1. The number of aromatic nitrogens is 2. The van der Waals surface area contributed by atoms with Crippen molar-refractivity contribution < 1.29 is 9.90 Å². The maximum absolute atomic E-state index is 12.6. The second-order valence-corrected chi connectivity index (χ2v) is 6.01. The first-order valence-electron chi connectivity index (χ1n) is 6.96. The highest BCUT2D eigenvalue weighted by Crippen LogP contribution is 2.35. The smallest absolute Gasteiger partial charge is 0.213 e. The van der Waals surface area contributed by atoms with Gasteiger partial charge in [-0.1, -0.05) is 25.4 Å². The van der Waals surface area contributed by atoms with E-state index < -0.39 is 5.60 Å². The molecule has 0 aliphatic heterocycles. The topological polar surface area (TPSA) is 55.1 Å². The molecule has 0 spiro atoms. The summed E-state index contributed by atoms with van der Waals surface area (Å²) in [5.41, 5.74) is -0.901. The van der Waals surface area contributed by atoms with Crippen LogP contribution in [0.1, 0.15) is 56.4 Å². The lowest BCUT2D eigenvalue weighted by Crippen LogP contribution is -2.43. The van der Waals surface area contributed by atoms with Gasteiger partial charge in [-0.15, -0.1) is 0 Å². The van der Waals surface area contributed by atoms with Gasteiger partial charge < -0.3 is 5.11 Å². The van der Waals surface area contributed by atoms with Crippen molar-refractivity contribution in [3.05, 3.63) is 16.9 Å². The molecule has 1 aromatic rings. The minimum Gasteiger partial charge on any atom is -0.382 e. The molecule has 0 saturated heterocycles. The molecule has 1 aromatic heterocycles. The van der Waals surface area contributed by atoms with Crippen molar-refractivity contribution >= 4 is 17.4 Å². The van der Waals surface area contributed by atoms with Crippen LogP contribution in [-0.2, 0) is 6.54 Å². The summed E-state index contributed by atoms with van der Waals surface area (Å²) < 4.78 is 1.61. The predicted octanol–water partition coefficient (Wildman–Crippen LogP) is 3.07. The number of nitrogens with zero attached hydrogens (tertiary/aromatic N) is 2. The van der Waals surface area contributed by atoms with Crippen LogP contribution in [-0.4, -0.2) is 26.3 Å². The molecular weight excluding hydrogens is 264 g/mol. The van der Waals surface area contributed by atoms with Gasteiger partial charge in [0.05, 0.1) is 11.2 Å². The van der Waals surface area contributed by atoms with E-state index in [0.717, 1.165) is 19.3 Å². The van der Waals surface area contributed by atoms with E-state index in [0.29, 0.717) is 36.0 Å². The lowest BCUT2D eigenvalue weighted by Gasteiger charge is -2.33. The van der Waals surface area contributed by atoms with Crippen LogP contribution >= 0.6 is 11.6 Å². The van der Waals surface area contributed by atoms with E-state index in [1.807, 2.05) is 6.92 Å².